The van der Waals surface area contributed by atoms with E-state index in [0.29, 0.717) is 6.04 Å². The van der Waals surface area contributed by atoms with Gasteiger partial charge in [-0.3, -0.25) is 0 Å². The molecule has 0 radical (unpaired) electrons. The summed E-state index contributed by atoms with van der Waals surface area (Å²) in [6, 6.07) is 7.00. The lowest BCUT2D eigenvalue weighted by Gasteiger charge is -2.28. The average molecular weight is 262 g/mol. The van der Waals surface area contributed by atoms with Crippen molar-refractivity contribution in [2.75, 3.05) is 18.5 Å². The maximum Gasteiger partial charge on any atom is 0.142 e. The van der Waals surface area contributed by atoms with Gasteiger partial charge in [0.2, 0.25) is 0 Å². The van der Waals surface area contributed by atoms with Gasteiger partial charge in [0, 0.05) is 18.1 Å². The summed E-state index contributed by atoms with van der Waals surface area (Å²) in [5.41, 5.74) is 2.66. The van der Waals surface area contributed by atoms with Crippen LogP contribution in [0, 0.1) is 0 Å². The van der Waals surface area contributed by atoms with E-state index in [4.69, 9.17) is 4.74 Å². The Labute approximate surface area is 116 Å². The number of fused-ring (bicyclic) bond motifs is 1. The van der Waals surface area contributed by atoms with Crippen molar-refractivity contribution in [3.8, 4) is 5.75 Å². The average Bonchev–Trinajstić information content (AvgIpc) is 2.36. The number of benzene rings is 1. The van der Waals surface area contributed by atoms with Crippen LogP contribution in [0.15, 0.2) is 18.2 Å². The summed E-state index contributed by atoms with van der Waals surface area (Å²) in [4.78, 5) is 0. The summed E-state index contributed by atoms with van der Waals surface area (Å²) in [7, 11) is 0. The molecule has 1 atom stereocenters. The quantitative estimate of drug-likeness (QED) is 0.874. The van der Waals surface area contributed by atoms with Crippen LogP contribution in [0.5, 0.6) is 5.75 Å². The maximum atomic E-state index is 5.61. The van der Waals surface area contributed by atoms with E-state index in [1.165, 1.54) is 5.56 Å². The van der Waals surface area contributed by atoms with E-state index in [1.54, 1.807) is 0 Å². The molecule has 3 heteroatoms. The molecule has 1 heterocycles. The van der Waals surface area contributed by atoms with Crippen LogP contribution >= 0.6 is 0 Å². The fourth-order valence-corrected chi connectivity index (χ4v) is 2.51. The van der Waals surface area contributed by atoms with E-state index >= 15 is 0 Å². The van der Waals surface area contributed by atoms with Crippen molar-refractivity contribution in [2.45, 2.75) is 52.1 Å². The second-order valence-electron chi connectivity index (χ2n) is 6.31. The lowest BCUT2D eigenvalue weighted by atomic mass is 9.99. The maximum absolute atomic E-state index is 5.61. The lowest BCUT2D eigenvalue weighted by molar-refractivity contribution is 0.323. The Balaban J connectivity index is 2.05. The molecule has 0 aromatic heterocycles. The number of ether oxygens (including phenoxy) is 1. The Hall–Kier alpha value is -1.22. The van der Waals surface area contributed by atoms with Crippen molar-refractivity contribution in [3.63, 3.8) is 0 Å². The first-order chi connectivity index (χ1) is 8.98. The first-order valence-electron chi connectivity index (χ1n) is 7.25. The van der Waals surface area contributed by atoms with Gasteiger partial charge in [-0.2, -0.15) is 0 Å². The fraction of sp³-hybridized carbons (Fsp3) is 0.625. The van der Waals surface area contributed by atoms with Crippen molar-refractivity contribution in [3.05, 3.63) is 23.8 Å². The molecule has 106 valence electrons. The summed E-state index contributed by atoms with van der Waals surface area (Å²) >= 11 is 0. The van der Waals surface area contributed by atoms with Crippen LogP contribution in [0.1, 0.15) is 39.7 Å². The molecule has 0 spiro atoms. The summed E-state index contributed by atoms with van der Waals surface area (Å²) in [5, 5.41) is 7.08. The second-order valence-corrected chi connectivity index (χ2v) is 6.31. The zero-order valence-corrected chi connectivity index (χ0v) is 12.5. The molecule has 19 heavy (non-hydrogen) atoms. The Kier molecular flexibility index (Phi) is 4.35. The van der Waals surface area contributed by atoms with Gasteiger partial charge in [0.25, 0.3) is 0 Å². The SMILES string of the molecule is CCC(Cc1ccc2c(c1)NCCO2)NC(C)(C)C. The van der Waals surface area contributed by atoms with E-state index in [-0.39, 0.29) is 5.54 Å². The number of anilines is 1. The smallest absolute Gasteiger partial charge is 0.142 e. The summed E-state index contributed by atoms with van der Waals surface area (Å²) in [5.74, 6) is 0.979. The largest absolute Gasteiger partial charge is 0.490 e. The zero-order valence-electron chi connectivity index (χ0n) is 12.5. The van der Waals surface area contributed by atoms with Gasteiger partial charge in [-0.1, -0.05) is 13.0 Å². The van der Waals surface area contributed by atoms with E-state index in [1.807, 2.05) is 0 Å². The van der Waals surface area contributed by atoms with Gasteiger partial charge in [0.05, 0.1) is 5.69 Å². The molecule has 3 nitrogen and oxygen atoms in total. The molecule has 0 aliphatic carbocycles. The van der Waals surface area contributed by atoms with Gasteiger partial charge >= 0.3 is 0 Å². The van der Waals surface area contributed by atoms with Crippen LogP contribution in [0.4, 0.5) is 5.69 Å². The van der Waals surface area contributed by atoms with Gasteiger partial charge in [-0.25, -0.2) is 0 Å². The number of hydrogen-bond donors (Lipinski definition) is 2. The molecule has 2 N–H and O–H groups in total. The van der Waals surface area contributed by atoms with Gasteiger partial charge in [-0.05, 0) is 51.3 Å². The van der Waals surface area contributed by atoms with Crippen LogP contribution in [0.3, 0.4) is 0 Å². The molecule has 0 saturated heterocycles. The first-order valence-corrected chi connectivity index (χ1v) is 7.25. The van der Waals surface area contributed by atoms with Crippen molar-refractivity contribution in [1.29, 1.82) is 0 Å². The summed E-state index contributed by atoms with van der Waals surface area (Å²) in [6.45, 7) is 10.6. The first kappa shape index (κ1) is 14.2. The van der Waals surface area contributed by atoms with Gasteiger partial charge < -0.3 is 15.4 Å². The molecule has 1 aliphatic heterocycles. The highest BCUT2D eigenvalue weighted by atomic mass is 16.5. The Bertz CT molecular complexity index is 423. The third kappa shape index (κ3) is 4.13. The van der Waals surface area contributed by atoms with Crippen molar-refractivity contribution in [1.82, 2.24) is 5.32 Å². The van der Waals surface area contributed by atoms with Gasteiger partial charge in [-0.15, -0.1) is 0 Å². The van der Waals surface area contributed by atoms with Crippen molar-refractivity contribution >= 4 is 5.69 Å². The molecule has 1 aliphatic rings. The lowest BCUT2D eigenvalue weighted by Crippen LogP contribution is -2.44. The van der Waals surface area contributed by atoms with Gasteiger partial charge in [0.15, 0.2) is 0 Å². The molecule has 0 saturated carbocycles. The molecule has 1 unspecified atom stereocenters. The van der Waals surface area contributed by atoms with Crippen molar-refractivity contribution in [2.24, 2.45) is 0 Å². The van der Waals surface area contributed by atoms with E-state index < -0.39 is 0 Å². The Morgan fingerprint density at radius 3 is 2.84 bits per heavy atom. The minimum absolute atomic E-state index is 0.163. The molecule has 1 aromatic carbocycles. The highest BCUT2D eigenvalue weighted by Gasteiger charge is 2.17. The topological polar surface area (TPSA) is 33.3 Å². The van der Waals surface area contributed by atoms with E-state index in [0.717, 1.165) is 37.4 Å². The normalized spacial score (nSPS) is 16.2. The summed E-state index contributed by atoms with van der Waals surface area (Å²) in [6.07, 6.45) is 2.20. The standard InChI is InChI=1S/C16H26N2O/c1-5-13(18-16(2,3)4)10-12-6-7-15-14(11-12)17-8-9-19-15/h6-7,11,13,17-18H,5,8-10H2,1-4H3. The molecule has 0 fully saturated rings. The van der Waals surface area contributed by atoms with Crippen molar-refractivity contribution < 1.29 is 4.74 Å². The van der Waals surface area contributed by atoms with E-state index in [9.17, 15) is 0 Å². The third-order valence-corrected chi connectivity index (χ3v) is 3.33. The highest BCUT2D eigenvalue weighted by molar-refractivity contribution is 5.59. The monoisotopic (exact) mass is 262 g/mol. The molecular weight excluding hydrogens is 236 g/mol. The van der Waals surface area contributed by atoms with Crippen LogP contribution in [-0.4, -0.2) is 24.7 Å². The minimum atomic E-state index is 0.163. The molecule has 1 aromatic rings. The van der Waals surface area contributed by atoms with Gasteiger partial charge in [0.1, 0.15) is 12.4 Å². The van der Waals surface area contributed by atoms with Crippen LogP contribution in [0.2, 0.25) is 0 Å². The predicted octanol–water partition coefficient (Wildman–Crippen LogP) is 3.20. The minimum Gasteiger partial charge on any atom is -0.490 e. The van der Waals surface area contributed by atoms with Crippen LogP contribution in [-0.2, 0) is 6.42 Å². The highest BCUT2D eigenvalue weighted by Crippen LogP contribution is 2.28. The molecule has 2 rings (SSSR count). The summed E-state index contributed by atoms with van der Waals surface area (Å²) < 4.78 is 5.61. The number of rotatable bonds is 4. The fourth-order valence-electron chi connectivity index (χ4n) is 2.51. The molecular formula is C16H26N2O. The molecule has 0 bridgehead atoms. The molecule has 0 amide bonds. The predicted molar refractivity (Wildman–Crippen MR) is 81.1 cm³/mol. The van der Waals surface area contributed by atoms with Crippen LogP contribution < -0.4 is 15.4 Å². The number of hydrogen-bond acceptors (Lipinski definition) is 3. The Morgan fingerprint density at radius 2 is 2.16 bits per heavy atom. The zero-order chi connectivity index (χ0) is 13.9. The van der Waals surface area contributed by atoms with E-state index in [2.05, 4.69) is 56.5 Å². The second kappa shape index (κ2) is 5.83. The third-order valence-electron chi connectivity index (χ3n) is 3.33. The van der Waals surface area contributed by atoms with Crippen LogP contribution in [0.25, 0.3) is 0 Å². The number of nitrogens with one attached hydrogen (secondary N) is 2. The Morgan fingerprint density at radius 1 is 1.37 bits per heavy atom.